The van der Waals surface area contributed by atoms with E-state index in [1.54, 1.807) is 24.0 Å². The molecule has 3 amide bonds. The summed E-state index contributed by atoms with van der Waals surface area (Å²) >= 11 is 0. The average Bonchev–Trinajstić information content (AvgIpc) is 3.34. The summed E-state index contributed by atoms with van der Waals surface area (Å²) in [6, 6.07) is 5.48. The Morgan fingerprint density at radius 1 is 1.00 bits per heavy atom. The highest BCUT2D eigenvalue weighted by Crippen LogP contribution is 2.33. The molecule has 2 heterocycles. The number of nitrogens with zero attached hydrogens (tertiary/aromatic N) is 3. The zero-order valence-electron chi connectivity index (χ0n) is 20.9. The third-order valence-corrected chi connectivity index (χ3v) is 8.07. The molecule has 2 atom stereocenters. The number of carboxylic acids is 1. The minimum atomic E-state index is -1.03. The summed E-state index contributed by atoms with van der Waals surface area (Å²) in [6.07, 6.45) is 3.99. The van der Waals surface area contributed by atoms with Gasteiger partial charge in [0, 0.05) is 57.3 Å². The Kier molecular flexibility index (Phi) is 8.25. The van der Waals surface area contributed by atoms with Crippen molar-refractivity contribution in [3.63, 3.8) is 0 Å². The summed E-state index contributed by atoms with van der Waals surface area (Å²) in [5.74, 6) is -0.810. The molecule has 0 radical (unpaired) electrons. The summed E-state index contributed by atoms with van der Waals surface area (Å²) in [4.78, 5) is 55.8. The van der Waals surface area contributed by atoms with Crippen LogP contribution in [0.3, 0.4) is 0 Å². The Morgan fingerprint density at radius 2 is 1.64 bits per heavy atom. The largest absolute Gasteiger partial charge is 0.478 e. The Labute approximate surface area is 211 Å². The van der Waals surface area contributed by atoms with Gasteiger partial charge in [-0.2, -0.15) is 0 Å². The lowest BCUT2D eigenvalue weighted by Crippen LogP contribution is -2.52. The number of nitrogens with one attached hydrogen (secondary N) is 1. The lowest BCUT2D eigenvalue weighted by Gasteiger charge is -2.37. The van der Waals surface area contributed by atoms with Gasteiger partial charge in [-0.25, -0.2) is 4.79 Å². The van der Waals surface area contributed by atoms with E-state index in [-0.39, 0.29) is 35.2 Å². The highest BCUT2D eigenvalue weighted by Gasteiger charge is 2.44. The van der Waals surface area contributed by atoms with Gasteiger partial charge in [-0.1, -0.05) is 0 Å². The fraction of sp³-hybridized carbons (Fsp3) is 0.615. The summed E-state index contributed by atoms with van der Waals surface area (Å²) in [7, 11) is 0. The van der Waals surface area contributed by atoms with Gasteiger partial charge in [-0.3, -0.25) is 19.3 Å². The van der Waals surface area contributed by atoms with E-state index in [9.17, 15) is 19.2 Å². The molecule has 1 saturated carbocycles. The van der Waals surface area contributed by atoms with Crippen molar-refractivity contribution in [3.05, 3.63) is 29.8 Å². The number of carbonyl (C=O) groups excluding carboxylic acids is 3. The molecule has 3 aliphatic rings. The molecule has 2 aliphatic heterocycles. The summed E-state index contributed by atoms with van der Waals surface area (Å²) in [5, 5.41) is 12.0. The monoisotopic (exact) mass is 499 g/mol. The number of hydrogen-bond donors (Lipinski definition) is 3. The van der Waals surface area contributed by atoms with Crippen LogP contribution >= 0.6 is 0 Å². The van der Waals surface area contributed by atoms with E-state index in [1.807, 2.05) is 4.90 Å². The molecule has 1 aromatic rings. The third kappa shape index (κ3) is 5.87. The Bertz CT molecular complexity index is 967. The molecule has 0 unspecified atom stereocenters. The number of likely N-dealkylation sites (tertiary alicyclic amines) is 1. The first-order chi connectivity index (χ1) is 17.3. The first-order valence-corrected chi connectivity index (χ1v) is 12.9. The van der Waals surface area contributed by atoms with Crippen molar-refractivity contribution < 1.29 is 24.3 Å². The minimum absolute atomic E-state index is 0.0386. The predicted molar refractivity (Wildman–Crippen MR) is 134 cm³/mol. The zero-order chi connectivity index (χ0) is 25.8. The number of nitrogens with two attached hydrogens (primary N) is 1. The Hall–Kier alpha value is -2.98. The number of carbonyl (C=O) groups is 4. The smallest absolute Gasteiger partial charge is 0.335 e. The Balaban J connectivity index is 1.47. The van der Waals surface area contributed by atoms with Crippen LogP contribution in [-0.2, 0) is 14.4 Å². The maximum Gasteiger partial charge on any atom is 0.335 e. The van der Waals surface area contributed by atoms with Gasteiger partial charge in [-0.05, 0) is 68.8 Å². The Morgan fingerprint density at radius 3 is 2.19 bits per heavy atom. The number of rotatable bonds is 6. The van der Waals surface area contributed by atoms with Crippen molar-refractivity contribution in [1.29, 1.82) is 0 Å². The van der Waals surface area contributed by atoms with Crippen LogP contribution in [0.1, 0.15) is 49.4 Å². The van der Waals surface area contributed by atoms with Gasteiger partial charge >= 0.3 is 5.97 Å². The average molecular weight is 500 g/mol. The molecule has 0 bridgehead atoms. The van der Waals surface area contributed by atoms with Crippen LogP contribution in [0.2, 0.25) is 0 Å². The second-order valence-corrected chi connectivity index (χ2v) is 10.3. The molecule has 196 valence electrons. The van der Waals surface area contributed by atoms with Crippen molar-refractivity contribution in [1.82, 2.24) is 14.7 Å². The lowest BCUT2D eigenvalue weighted by atomic mass is 9.81. The second-order valence-electron chi connectivity index (χ2n) is 10.3. The number of piperazine rings is 1. The molecule has 1 aromatic carbocycles. The van der Waals surface area contributed by atoms with E-state index in [2.05, 4.69) is 10.2 Å². The number of amides is 3. The topological polar surface area (TPSA) is 136 Å². The SMILES string of the molecule is CC(=O)N1CCN([C@H]2C[C@@H](C(=O)Nc3ccc(C(=O)O)cc3)N(C(=O)C3CCC(CN)CC3)C2)CC1. The van der Waals surface area contributed by atoms with E-state index in [0.717, 1.165) is 38.8 Å². The van der Waals surface area contributed by atoms with Crippen LogP contribution in [-0.4, -0.2) is 94.8 Å². The van der Waals surface area contributed by atoms with Gasteiger partial charge in [0.05, 0.1) is 5.56 Å². The number of benzene rings is 1. The molecule has 4 N–H and O–H groups in total. The summed E-state index contributed by atoms with van der Waals surface area (Å²) < 4.78 is 0. The predicted octanol–water partition coefficient (Wildman–Crippen LogP) is 1.22. The number of carboxylic acid groups (broad SMARTS) is 1. The first-order valence-electron chi connectivity index (χ1n) is 12.9. The van der Waals surface area contributed by atoms with Gasteiger partial charge in [0.25, 0.3) is 0 Å². The molecule has 0 spiro atoms. The number of anilines is 1. The van der Waals surface area contributed by atoms with Crippen LogP contribution < -0.4 is 11.1 Å². The highest BCUT2D eigenvalue weighted by molar-refractivity contribution is 5.98. The van der Waals surface area contributed by atoms with Crippen molar-refractivity contribution in [2.24, 2.45) is 17.6 Å². The first kappa shape index (κ1) is 26.1. The molecule has 0 aromatic heterocycles. The van der Waals surface area contributed by atoms with Crippen molar-refractivity contribution in [2.75, 3.05) is 44.6 Å². The summed E-state index contributed by atoms with van der Waals surface area (Å²) in [5.41, 5.74) is 6.47. The highest BCUT2D eigenvalue weighted by atomic mass is 16.4. The van der Waals surface area contributed by atoms with Crippen LogP contribution in [0.4, 0.5) is 5.69 Å². The zero-order valence-corrected chi connectivity index (χ0v) is 20.9. The van der Waals surface area contributed by atoms with Crippen LogP contribution in [0.25, 0.3) is 0 Å². The van der Waals surface area contributed by atoms with Gasteiger partial charge in [-0.15, -0.1) is 0 Å². The van der Waals surface area contributed by atoms with Crippen molar-refractivity contribution in [2.45, 2.75) is 51.1 Å². The standard InChI is InChI=1S/C26H37N5O5/c1-17(32)29-10-12-30(13-11-29)22-14-23(24(33)28-21-8-6-20(7-9-21)26(35)36)31(16-22)25(34)19-4-2-18(15-27)3-5-19/h6-9,18-19,22-23H,2-5,10-16,27H2,1H3,(H,28,33)(H,35,36)/t18?,19?,22-,23-/m0/s1. The van der Waals surface area contributed by atoms with E-state index >= 15 is 0 Å². The number of hydrogen-bond acceptors (Lipinski definition) is 6. The molecule has 10 heteroatoms. The van der Waals surface area contributed by atoms with Crippen molar-refractivity contribution >= 4 is 29.4 Å². The molecule has 4 rings (SSSR count). The normalized spacial score (nSPS) is 27.1. The third-order valence-electron chi connectivity index (χ3n) is 8.07. The fourth-order valence-corrected chi connectivity index (χ4v) is 5.77. The number of aromatic carboxylic acids is 1. The molecule has 2 saturated heterocycles. The minimum Gasteiger partial charge on any atom is -0.478 e. The molecule has 10 nitrogen and oxygen atoms in total. The van der Waals surface area contributed by atoms with E-state index < -0.39 is 12.0 Å². The van der Waals surface area contributed by atoms with E-state index in [4.69, 9.17) is 10.8 Å². The van der Waals surface area contributed by atoms with Crippen molar-refractivity contribution in [3.8, 4) is 0 Å². The molecule has 3 fully saturated rings. The maximum atomic E-state index is 13.6. The van der Waals surface area contributed by atoms with Gasteiger partial charge < -0.3 is 26.0 Å². The maximum absolute atomic E-state index is 13.6. The van der Waals surface area contributed by atoms with Crippen LogP contribution in [0.5, 0.6) is 0 Å². The molecular weight excluding hydrogens is 462 g/mol. The van der Waals surface area contributed by atoms with Crippen LogP contribution in [0, 0.1) is 11.8 Å². The fourth-order valence-electron chi connectivity index (χ4n) is 5.77. The second kappa shape index (κ2) is 11.4. The molecule has 36 heavy (non-hydrogen) atoms. The van der Waals surface area contributed by atoms with E-state index in [0.29, 0.717) is 44.2 Å². The van der Waals surface area contributed by atoms with Gasteiger partial charge in [0.1, 0.15) is 6.04 Å². The van der Waals surface area contributed by atoms with Gasteiger partial charge in [0.2, 0.25) is 17.7 Å². The lowest BCUT2D eigenvalue weighted by molar-refractivity contribution is -0.141. The quantitative estimate of drug-likeness (QED) is 0.535. The molecular formula is C26H37N5O5. The van der Waals surface area contributed by atoms with Gasteiger partial charge in [0.15, 0.2) is 0 Å². The molecule has 1 aliphatic carbocycles. The summed E-state index contributed by atoms with van der Waals surface area (Å²) in [6.45, 7) is 5.45. The van der Waals surface area contributed by atoms with E-state index in [1.165, 1.54) is 12.1 Å². The van der Waals surface area contributed by atoms with Crippen LogP contribution in [0.15, 0.2) is 24.3 Å².